The standard InChI is InChI=1S/C13H15ClN2O2.ClH/c14-9-3-1-2-8-10(4-7-18-11(8)9)16-12(17)13(15)5-6-13;/h1-3,10H,4-7,15H2,(H,16,17);1H. The molecule has 4 nitrogen and oxygen atoms in total. The predicted octanol–water partition coefficient (Wildman–Crippen LogP) is 2.19. The van der Waals surface area contributed by atoms with Crippen LogP contribution in [0.2, 0.25) is 5.02 Å². The number of ether oxygens (including phenoxy) is 1. The molecule has 104 valence electrons. The summed E-state index contributed by atoms with van der Waals surface area (Å²) in [4.78, 5) is 12.0. The molecule has 1 aromatic carbocycles. The normalized spacial score (nSPS) is 22.5. The number of halogens is 2. The molecule has 1 saturated carbocycles. The number of nitrogens with one attached hydrogen (secondary N) is 1. The molecule has 0 spiro atoms. The molecule has 1 fully saturated rings. The number of rotatable bonds is 2. The van der Waals surface area contributed by atoms with Crippen LogP contribution in [0.25, 0.3) is 0 Å². The molecule has 1 aromatic rings. The number of carbonyl (C=O) groups is 1. The van der Waals surface area contributed by atoms with E-state index >= 15 is 0 Å². The first-order valence-corrected chi connectivity index (χ1v) is 6.49. The number of fused-ring (bicyclic) bond motifs is 1. The van der Waals surface area contributed by atoms with Gasteiger partial charge in [-0.25, -0.2) is 0 Å². The lowest BCUT2D eigenvalue weighted by Crippen LogP contribution is -2.45. The number of carbonyl (C=O) groups excluding carboxylic acids is 1. The highest BCUT2D eigenvalue weighted by Crippen LogP contribution is 2.39. The Hall–Kier alpha value is -0.970. The lowest BCUT2D eigenvalue weighted by Gasteiger charge is -2.28. The fourth-order valence-corrected chi connectivity index (χ4v) is 2.44. The molecule has 1 unspecified atom stereocenters. The number of hydrogen-bond acceptors (Lipinski definition) is 3. The molecule has 0 saturated heterocycles. The lowest BCUT2D eigenvalue weighted by molar-refractivity contribution is -0.124. The highest BCUT2D eigenvalue weighted by Gasteiger charge is 2.46. The zero-order valence-corrected chi connectivity index (χ0v) is 11.9. The van der Waals surface area contributed by atoms with Crippen molar-refractivity contribution in [3.63, 3.8) is 0 Å². The highest BCUT2D eigenvalue weighted by atomic mass is 35.5. The Morgan fingerprint density at radius 1 is 1.47 bits per heavy atom. The molecular weight excluding hydrogens is 287 g/mol. The molecule has 3 N–H and O–H groups in total. The first kappa shape index (κ1) is 14.4. The molecular formula is C13H16Cl2N2O2. The second-order valence-corrected chi connectivity index (χ2v) is 5.38. The third-order valence-electron chi connectivity index (χ3n) is 3.57. The summed E-state index contributed by atoms with van der Waals surface area (Å²) >= 11 is 6.08. The number of nitrogens with two attached hydrogens (primary N) is 1. The maximum Gasteiger partial charge on any atom is 0.240 e. The smallest absolute Gasteiger partial charge is 0.240 e. The summed E-state index contributed by atoms with van der Waals surface area (Å²) in [7, 11) is 0. The van der Waals surface area contributed by atoms with Gasteiger partial charge in [0.05, 0.1) is 23.2 Å². The van der Waals surface area contributed by atoms with Crippen LogP contribution in [0.4, 0.5) is 0 Å². The number of amides is 1. The third-order valence-corrected chi connectivity index (χ3v) is 3.87. The van der Waals surface area contributed by atoms with Crippen molar-refractivity contribution in [2.24, 2.45) is 5.73 Å². The maximum atomic E-state index is 12.0. The van der Waals surface area contributed by atoms with Gasteiger partial charge >= 0.3 is 0 Å². The molecule has 1 aliphatic carbocycles. The van der Waals surface area contributed by atoms with E-state index in [1.807, 2.05) is 12.1 Å². The van der Waals surface area contributed by atoms with Gasteiger partial charge in [-0.3, -0.25) is 4.79 Å². The Bertz CT molecular complexity index is 503. The molecule has 0 bridgehead atoms. The van der Waals surface area contributed by atoms with Gasteiger partial charge in [-0.1, -0.05) is 23.7 Å². The molecule has 19 heavy (non-hydrogen) atoms. The van der Waals surface area contributed by atoms with E-state index in [-0.39, 0.29) is 24.4 Å². The summed E-state index contributed by atoms with van der Waals surface area (Å²) in [6.07, 6.45) is 2.28. The van der Waals surface area contributed by atoms with E-state index in [1.54, 1.807) is 6.07 Å². The zero-order valence-electron chi connectivity index (χ0n) is 10.3. The largest absolute Gasteiger partial charge is 0.492 e. The van der Waals surface area contributed by atoms with Gasteiger partial charge < -0.3 is 15.8 Å². The third kappa shape index (κ3) is 2.66. The SMILES string of the molecule is Cl.NC1(C(=O)NC2CCOc3c(Cl)cccc32)CC1. The number of para-hydroxylation sites is 1. The molecule has 0 radical (unpaired) electrons. The predicted molar refractivity (Wildman–Crippen MR) is 75.8 cm³/mol. The van der Waals surface area contributed by atoms with Crippen LogP contribution < -0.4 is 15.8 Å². The van der Waals surface area contributed by atoms with Gasteiger partial charge in [-0.2, -0.15) is 0 Å². The quantitative estimate of drug-likeness (QED) is 0.880. The van der Waals surface area contributed by atoms with E-state index in [2.05, 4.69) is 5.32 Å². The highest BCUT2D eigenvalue weighted by molar-refractivity contribution is 6.32. The lowest BCUT2D eigenvalue weighted by atomic mass is 10.00. The van der Waals surface area contributed by atoms with Crippen molar-refractivity contribution in [3.8, 4) is 5.75 Å². The monoisotopic (exact) mass is 302 g/mol. The van der Waals surface area contributed by atoms with Crippen LogP contribution in [0.1, 0.15) is 30.9 Å². The van der Waals surface area contributed by atoms with Crippen molar-refractivity contribution in [1.82, 2.24) is 5.32 Å². The van der Waals surface area contributed by atoms with E-state index in [1.165, 1.54) is 0 Å². The van der Waals surface area contributed by atoms with Crippen LogP contribution in [-0.4, -0.2) is 18.1 Å². The Kier molecular flexibility index (Phi) is 3.95. The van der Waals surface area contributed by atoms with Gasteiger partial charge in [-0.05, 0) is 18.9 Å². The molecule has 6 heteroatoms. The average molecular weight is 303 g/mol. The van der Waals surface area contributed by atoms with Crippen LogP contribution in [0, 0.1) is 0 Å². The Morgan fingerprint density at radius 2 is 2.21 bits per heavy atom. The fourth-order valence-electron chi connectivity index (χ4n) is 2.20. The summed E-state index contributed by atoms with van der Waals surface area (Å²) in [5.41, 5.74) is 6.18. The van der Waals surface area contributed by atoms with Crippen molar-refractivity contribution in [3.05, 3.63) is 28.8 Å². The van der Waals surface area contributed by atoms with Crippen LogP contribution >= 0.6 is 24.0 Å². The number of benzene rings is 1. The second kappa shape index (κ2) is 5.19. The molecule has 1 amide bonds. The average Bonchev–Trinajstić information content (AvgIpc) is 3.10. The van der Waals surface area contributed by atoms with Crippen LogP contribution in [0.5, 0.6) is 5.75 Å². The summed E-state index contributed by atoms with van der Waals surface area (Å²) in [5, 5.41) is 3.59. The van der Waals surface area contributed by atoms with Crippen LogP contribution in [0.3, 0.4) is 0 Å². The van der Waals surface area contributed by atoms with Gasteiger partial charge in [0.2, 0.25) is 5.91 Å². The van der Waals surface area contributed by atoms with Crippen LogP contribution in [-0.2, 0) is 4.79 Å². The van der Waals surface area contributed by atoms with E-state index < -0.39 is 5.54 Å². The molecule has 1 aliphatic heterocycles. The summed E-state index contributed by atoms with van der Waals surface area (Å²) in [6.45, 7) is 0.555. The first-order valence-electron chi connectivity index (χ1n) is 6.11. The second-order valence-electron chi connectivity index (χ2n) is 4.98. The Morgan fingerprint density at radius 3 is 2.89 bits per heavy atom. The minimum atomic E-state index is -0.642. The summed E-state index contributed by atoms with van der Waals surface area (Å²) < 4.78 is 5.55. The zero-order chi connectivity index (χ0) is 12.8. The maximum absolute atomic E-state index is 12.0. The van der Waals surface area contributed by atoms with E-state index in [4.69, 9.17) is 22.1 Å². The molecule has 2 aliphatic rings. The Labute approximate surface area is 123 Å². The Balaban J connectivity index is 0.00000133. The van der Waals surface area contributed by atoms with Crippen molar-refractivity contribution >= 4 is 29.9 Å². The van der Waals surface area contributed by atoms with Crippen LogP contribution in [0.15, 0.2) is 18.2 Å². The van der Waals surface area contributed by atoms with E-state index in [0.717, 1.165) is 24.8 Å². The molecule has 3 rings (SSSR count). The summed E-state index contributed by atoms with van der Waals surface area (Å²) in [6, 6.07) is 5.53. The fraction of sp³-hybridized carbons (Fsp3) is 0.462. The molecule has 1 atom stereocenters. The molecule has 1 heterocycles. The summed E-state index contributed by atoms with van der Waals surface area (Å²) in [5.74, 6) is 0.609. The minimum Gasteiger partial charge on any atom is -0.492 e. The van der Waals surface area contributed by atoms with E-state index in [0.29, 0.717) is 17.4 Å². The minimum absolute atomic E-state index is 0. The topological polar surface area (TPSA) is 64.4 Å². The van der Waals surface area contributed by atoms with E-state index in [9.17, 15) is 4.79 Å². The van der Waals surface area contributed by atoms with Gasteiger partial charge in [0.15, 0.2) is 0 Å². The van der Waals surface area contributed by atoms with Crippen molar-refractivity contribution in [1.29, 1.82) is 0 Å². The van der Waals surface area contributed by atoms with Crippen molar-refractivity contribution in [2.75, 3.05) is 6.61 Å². The number of hydrogen-bond donors (Lipinski definition) is 2. The van der Waals surface area contributed by atoms with Gasteiger partial charge in [0.25, 0.3) is 0 Å². The van der Waals surface area contributed by atoms with Gasteiger partial charge in [0, 0.05) is 12.0 Å². The molecule has 0 aromatic heterocycles. The van der Waals surface area contributed by atoms with Crippen molar-refractivity contribution < 1.29 is 9.53 Å². The van der Waals surface area contributed by atoms with Gasteiger partial charge in [0.1, 0.15) is 5.75 Å². The first-order chi connectivity index (χ1) is 8.60. The van der Waals surface area contributed by atoms with Gasteiger partial charge in [-0.15, -0.1) is 12.4 Å². The van der Waals surface area contributed by atoms with Crippen molar-refractivity contribution in [2.45, 2.75) is 30.8 Å².